The van der Waals surface area contributed by atoms with E-state index in [2.05, 4.69) is 27.2 Å². The van der Waals surface area contributed by atoms with Crippen molar-refractivity contribution in [3.05, 3.63) is 42.7 Å². The Morgan fingerprint density at radius 1 is 1.42 bits per heavy atom. The lowest BCUT2D eigenvalue weighted by molar-refractivity contribution is 0.0171. The maximum absolute atomic E-state index is 5.66. The van der Waals surface area contributed by atoms with Crippen LogP contribution in [0.4, 0.5) is 0 Å². The third kappa shape index (κ3) is 10.1. The summed E-state index contributed by atoms with van der Waals surface area (Å²) in [5, 5.41) is 6.56. The molecule has 146 valence electrons. The van der Waals surface area contributed by atoms with E-state index in [-0.39, 0.29) is 24.0 Å². The van der Waals surface area contributed by atoms with Gasteiger partial charge >= 0.3 is 0 Å². The molecular formula is C19H31IN4O2. The van der Waals surface area contributed by atoms with E-state index in [1.165, 1.54) is 0 Å². The van der Waals surface area contributed by atoms with Crippen molar-refractivity contribution in [2.45, 2.75) is 31.8 Å². The van der Waals surface area contributed by atoms with Crippen molar-refractivity contribution in [2.24, 2.45) is 4.99 Å². The summed E-state index contributed by atoms with van der Waals surface area (Å²) in [6, 6.07) is 5.96. The summed E-state index contributed by atoms with van der Waals surface area (Å²) in [6.45, 7) is 8.22. The van der Waals surface area contributed by atoms with Crippen LogP contribution in [0.15, 0.2) is 42.0 Å². The molecule has 2 heterocycles. The summed E-state index contributed by atoms with van der Waals surface area (Å²) >= 11 is 0. The van der Waals surface area contributed by atoms with Crippen LogP contribution in [-0.2, 0) is 15.9 Å². The Labute approximate surface area is 173 Å². The molecule has 0 aromatic carbocycles. The SMILES string of the molecule is C=CCNC(=NCCCOCC1CCCO1)NCCc1ccccn1.I. The molecule has 0 radical (unpaired) electrons. The van der Waals surface area contributed by atoms with Crippen molar-refractivity contribution < 1.29 is 9.47 Å². The molecule has 0 spiro atoms. The predicted molar refractivity (Wildman–Crippen MR) is 116 cm³/mol. The molecule has 0 bridgehead atoms. The Morgan fingerprint density at radius 2 is 2.35 bits per heavy atom. The van der Waals surface area contributed by atoms with E-state index in [1.54, 1.807) is 0 Å². The van der Waals surface area contributed by atoms with Crippen molar-refractivity contribution in [1.29, 1.82) is 0 Å². The van der Waals surface area contributed by atoms with Gasteiger partial charge in [-0.1, -0.05) is 12.1 Å². The van der Waals surface area contributed by atoms with Crippen LogP contribution in [-0.4, -0.2) is 56.5 Å². The summed E-state index contributed by atoms with van der Waals surface area (Å²) in [4.78, 5) is 8.90. The largest absolute Gasteiger partial charge is 0.379 e. The van der Waals surface area contributed by atoms with Gasteiger partial charge in [0, 0.05) is 51.2 Å². The van der Waals surface area contributed by atoms with Crippen LogP contribution >= 0.6 is 24.0 Å². The third-order valence-electron chi connectivity index (χ3n) is 3.86. The number of hydrogen-bond donors (Lipinski definition) is 2. The highest BCUT2D eigenvalue weighted by atomic mass is 127. The van der Waals surface area contributed by atoms with Crippen LogP contribution in [0.2, 0.25) is 0 Å². The topological polar surface area (TPSA) is 67.8 Å². The molecule has 2 rings (SSSR count). The highest BCUT2D eigenvalue weighted by molar-refractivity contribution is 14.0. The molecule has 1 unspecified atom stereocenters. The second kappa shape index (κ2) is 14.9. The fourth-order valence-corrected chi connectivity index (χ4v) is 2.55. The number of aromatic nitrogens is 1. The monoisotopic (exact) mass is 474 g/mol. The molecular weight excluding hydrogens is 443 g/mol. The second-order valence-corrected chi connectivity index (χ2v) is 5.96. The van der Waals surface area contributed by atoms with Gasteiger partial charge in [0.25, 0.3) is 0 Å². The van der Waals surface area contributed by atoms with E-state index < -0.39 is 0 Å². The first-order valence-electron chi connectivity index (χ1n) is 9.11. The second-order valence-electron chi connectivity index (χ2n) is 5.96. The number of rotatable bonds is 11. The van der Waals surface area contributed by atoms with E-state index in [4.69, 9.17) is 9.47 Å². The first-order chi connectivity index (χ1) is 12.4. The van der Waals surface area contributed by atoms with Gasteiger partial charge in [-0.25, -0.2) is 0 Å². The van der Waals surface area contributed by atoms with Crippen molar-refractivity contribution in [3.8, 4) is 0 Å². The summed E-state index contributed by atoms with van der Waals surface area (Å²) in [6.07, 6.45) is 7.96. The molecule has 0 amide bonds. The van der Waals surface area contributed by atoms with Gasteiger partial charge < -0.3 is 20.1 Å². The van der Waals surface area contributed by atoms with Crippen molar-refractivity contribution >= 4 is 29.9 Å². The maximum atomic E-state index is 5.66. The van der Waals surface area contributed by atoms with Gasteiger partial charge in [0.1, 0.15) is 0 Å². The summed E-state index contributed by atoms with van der Waals surface area (Å²) in [5.41, 5.74) is 1.07. The molecule has 26 heavy (non-hydrogen) atoms. The number of aliphatic imine (C=N–C) groups is 1. The van der Waals surface area contributed by atoms with Gasteiger partial charge in [-0.2, -0.15) is 0 Å². The van der Waals surface area contributed by atoms with Crippen molar-refractivity contribution in [2.75, 3.05) is 39.5 Å². The Bertz CT molecular complexity index is 508. The highest BCUT2D eigenvalue weighted by Gasteiger charge is 2.14. The molecule has 0 saturated carbocycles. The molecule has 1 saturated heterocycles. The van der Waals surface area contributed by atoms with E-state index in [1.807, 2.05) is 30.5 Å². The first kappa shape index (κ1) is 22.9. The molecule has 1 aliphatic heterocycles. The minimum atomic E-state index is 0. The Kier molecular flexibility index (Phi) is 13.1. The minimum absolute atomic E-state index is 0. The van der Waals surface area contributed by atoms with E-state index in [0.717, 1.165) is 57.0 Å². The van der Waals surface area contributed by atoms with Gasteiger partial charge in [0.05, 0.1) is 12.7 Å². The lowest BCUT2D eigenvalue weighted by Crippen LogP contribution is -2.38. The molecule has 2 N–H and O–H groups in total. The number of nitrogens with one attached hydrogen (secondary N) is 2. The normalized spacial score (nSPS) is 16.8. The number of halogens is 1. The minimum Gasteiger partial charge on any atom is -0.379 e. The lowest BCUT2D eigenvalue weighted by Gasteiger charge is -2.12. The van der Waals surface area contributed by atoms with Gasteiger partial charge in [0.2, 0.25) is 0 Å². The summed E-state index contributed by atoms with van der Waals surface area (Å²) in [7, 11) is 0. The fraction of sp³-hybridized carbons (Fsp3) is 0.579. The van der Waals surface area contributed by atoms with E-state index in [0.29, 0.717) is 25.9 Å². The molecule has 7 heteroatoms. The lowest BCUT2D eigenvalue weighted by atomic mass is 10.2. The van der Waals surface area contributed by atoms with Crippen molar-refractivity contribution in [1.82, 2.24) is 15.6 Å². The van der Waals surface area contributed by atoms with Gasteiger partial charge in [-0.05, 0) is 31.4 Å². The van der Waals surface area contributed by atoms with Crippen LogP contribution in [0, 0.1) is 0 Å². The zero-order valence-electron chi connectivity index (χ0n) is 15.4. The summed E-state index contributed by atoms with van der Waals surface area (Å²) in [5.74, 6) is 0.801. The van der Waals surface area contributed by atoms with Crippen LogP contribution < -0.4 is 10.6 Å². The Balaban J connectivity index is 0.00000338. The molecule has 1 aromatic heterocycles. The molecule has 1 fully saturated rings. The van der Waals surface area contributed by atoms with Crippen LogP contribution in [0.5, 0.6) is 0 Å². The average molecular weight is 474 g/mol. The molecule has 1 aliphatic rings. The standard InChI is InChI=1S/C19H30N4O2.HI/c1-2-10-21-19(23-13-9-17-7-3-4-11-20-17)22-12-6-14-24-16-18-8-5-15-25-18;/h2-4,7,11,18H,1,5-6,8-10,12-16H2,(H2,21,22,23);1H. The van der Waals surface area contributed by atoms with Crippen LogP contribution in [0.1, 0.15) is 25.0 Å². The zero-order chi connectivity index (χ0) is 17.6. The molecule has 0 aliphatic carbocycles. The van der Waals surface area contributed by atoms with Gasteiger partial charge in [-0.3, -0.25) is 9.98 Å². The van der Waals surface area contributed by atoms with Crippen molar-refractivity contribution in [3.63, 3.8) is 0 Å². The highest BCUT2D eigenvalue weighted by Crippen LogP contribution is 2.11. The van der Waals surface area contributed by atoms with Crippen LogP contribution in [0.3, 0.4) is 0 Å². The third-order valence-corrected chi connectivity index (χ3v) is 3.86. The number of hydrogen-bond acceptors (Lipinski definition) is 4. The molecule has 1 aromatic rings. The molecule has 1 atom stereocenters. The van der Waals surface area contributed by atoms with E-state index in [9.17, 15) is 0 Å². The number of nitrogens with zero attached hydrogens (tertiary/aromatic N) is 2. The smallest absolute Gasteiger partial charge is 0.191 e. The number of ether oxygens (including phenoxy) is 2. The van der Waals surface area contributed by atoms with Gasteiger partial charge in [-0.15, -0.1) is 30.6 Å². The van der Waals surface area contributed by atoms with E-state index >= 15 is 0 Å². The number of pyridine rings is 1. The number of guanidine groups is 1. The van der Waals surface area contributed by atoms with Crippen LogP contribution in [0.25, 0.3) is 0 Å². The fourth-order valence-electron chi connectivity index (χ4n) is 2.55. The summed E-state index contributed by atoms with van der Waals surface area (Å²) < 4.78 is 11.2. The predicted octanol–water partition coefficient (Wildman–Crippen LogP) is 2.55. The molecule has 6 nitrogen and oxygen atoms in total. The Morgan fingerprint density at radius 3 is 3.08 bits per heavy atom. The maximum Gasteiger partial charge on any atom is 0.191 e. The average Bonchev–Trinajstić information content (AvgIpc) is 3.16. The van der Waals surface area contributed by atoms with Gasteiger partial charge in [0.15, 0.2) is 5.96 Å². The first-order valence-corrected chi connectivity index (χ1v) is 9.11. The Hall–Kier alpha value is -1.19. The zero-order valence-corrected chi connectivity index (χ0v) is 17.7. The quantitative estimate of drug-likeness (QED) is 0.170.